The summed E-state index contributed by atoms with van der Waals surface area (Å²) >= 11 is 1.57. The molecule has 2 atom stereocenters. The van der Waals surface area contributed by atoms with Gasteiger partial charge in [0, 0.05) is 18.4 Å². The summed E-state index contributed by atoms with van der Waals surface area (Å²) in [5.74, 6) is 0.705. The van der Waals surface area contributed by atoms with Gasteiger partial charge in [0.2, 0.25) is 0 Å². The molecule has 2 rings (SSSR count). The number of benzene rings is 1. The van der Waals surface area contributed by atoms with Crippen LogP contribution in [0.1, 0.15) is 31.2 Å². The molecule has 1 fully saturated rings. The Morgan fingerprint density at radius 3 is 2.79 bits per heavy atom. The van der Waals surface area contributed by atoms with Crippen molar-refractivity contribution in [1.82, 2.24) is 0 Å². The lowest BCUT2D eigenvalue weighted by Gasteiger charge is -2.29. The molecule has 0 radical (unpaired) electrons. The fraction of sp³-hybridized carbons (Fsp3) is 0.533. The van der Waals surface area contributed by atoms with Crippen molar-refractivity contribution >= 4 is 11.8 Å². The molecule has 1 aromatic rings. The highest BCUT2D eigenvalue weighted by Crippen LogP contribution is 2.31. The normalized spacial score (nSPS) is 22.8. The van der Waals surface area contributed by atoms with Gasteiger partial charge in [-0.05, 0) is 37.7 Å². The molecule has 0 N–H and O–H groups in total. The summed E-state index contributed by atoms with van der Waals surface area (Å²) in [6.45, 7) is 0. The molecule has 0 heterocycles. The summed E-state index contributed by atoms with van der Waals surface area (Å²) in [4.78, 5) is 0.971. The van der Waals surface area contributed by atoms with Gasteiger partial charge < -0.3 is 9.47 Å². The minimum absolute atomic E-state index is 0.155. The molecule has 1 aliphatic carbocycles. The summed E-state index contributed by atoms with van der Waals surface area (Å²) in [6, 6.07) is 8.03. The van der Waals surface area contributed by atoms with E-state index in [1.165, 1.54) is 0 Å². The van der Waals surface area contributed by atoms with Gasteiger partial charge in [0.15, 0.2) is 0 Å². The standard InChI is InChI=1S/C15H19NO2S/c1-17-11-5-3-6-12(9-11)18-14-7-4-8-15(19-2)13(14)10-16/h4,7-8,11-12H,3,5-6,9H2,1-2H3. The highest BCUT2D eigenvalue weighted by atomic mass is 32.2. The van der Waals surface area contributed by atoms with Crippen LogP contribution in [0.25, 0.3) is 0 Å². The SMILES string of the molecule is COC1CCCC(Oc2cccc(SC)c2C#N)C1. The first kappa shape index (κ1) is 14.2. The molecule has 1 saturated carbocycles. The predicted molar refractivity (Wildman–Crippen MR) is 76.6 cm³/mol. The van der Waals surface area contributed by atoms with Crippen LogP contribution < -0.4 is 4.74 Å². The van der Waals surface area contributed by atoms with E-state index in [4.69, 9.17) is 9.47 Å². The number of thioether (sulfide) groups is 1. The van der Waals surface area contributed by atoms with E-state index in [2.05, 4.69) is 6.07 Å². The lowest BCUT2D eigenvalue weighted by atomic mass is 9.95. The van der Waals surface area contributed by atoms with Crippen molar-refractivity contribution < 1.29 is 9.47 Å². The fourth-order valence-electron chi connectivity index (χ4n) is 2.49. The molecule has 0 aliphatic heterocycles. The van der Waals surface area contributed by atoms with E-state index in [9.17, 15) is 5.26 Å². The van der Waals surface area contributed by atoms with Crippen LogP contribution in [0.15, 0.2) is 23.1 Å². The largest absolute Gasteiger partial charge is 0.489 e. The average molecular weight is 277 g/mol. The van der Waals surface area contributed by atoms with Gasteiger partial charge in [0.05, 0.1) is 6.10 Å². The summed E-state index contributed by atoms with van der Waals surface area (Å²) in [6.07, 6.45) is 6.58. The van der Waals surface area contributed by atoms with Crippen molar-refractivity contribution in [3.8, 4) is 11.8 Å². The maximum absolute atomic E-state index is 9.29. The van der Waals surface area contributed by atoms with Crippen molar-refractivity contribution in [2.24, 2.45) is 0 Å². The molecule has 2 unspecified atom stereocenters. The summed E-state index contributed by atoms with van der Waals surface area (Å²) < 4.78 is 11.4. The van der Waals surface area contributed by atoms with Crippen LogP contribution in [0.4, 0.5) is 0 Å². The van der Waals surface area contributed by atoms with E-state index in [0.717, 1.165) is 30.6 Å². The topological polar surface area (TPSA) is 42.2 Å². The number of hydrogen-bond acceptors (Lipinski definition) is 4. The Morgan fingerprint density at radius 2 is 2.11 bits per heavy atom. The van der Waals surface area contributed by atoms with E-state index in [-0.39, 0.29) is 12.2 Å². The van der Waals surface area contributed by atoms with Crippen molar-refractivity contribution in [2.45, 2.75) is 42.8 Å². The molecule has 19 heavy (non-hydrogen) atoms. The van der Waals surface area contributed by atoms with E-state index < -0.39 is 0 Å². The molecule has 0 spiro atoms. The quantitative estimate of drug-likeness (QED) is 0.788. The number of nitriles is 1. The van der Waals surface area contributed by atoms with Gasteiger partial charge in [-0.2, -0.15) is 5.26 Å². The molecule has 3 nitrogen and oxygen atoms in total. The molecule has 0 amide bonds. The van der Waals surface area contributed by atoms with Gasteiger partial charge in [0.1, 0.15) is 23.5 Å². The third-order valence-corrected chi connectivity index (χ3v) is 4.30. The van der Waals surface area contributed by atoms with Gasteiger partial charge in [-0.1, -0.05) is 6.07 Å². The number of methoxy groups -OCH3 is 1. The second-order valence-electron chi connectivity index (χ2n) is 4.71. The molecule has 102 valence electrons. The van der Waals surface area contributed by atoms with Crippen LogP contribution in [-0.4, -0.2) is 25.6 Å². The first-order chi connectivity index (χ1) is 9.28. The van der Waals surface area contributed by atoms with Gasteiger partial charge >= 0.3 is 0 Å². The molecule has 4 heteroatoms. The Bertz CT molecular complexity index is 470. The summed E-state index contributed by atoms with van der Waals surface area (Å²) in [5, 5.41) is 9.29. The second-order valence-corrected chi connectivity index (χ2v) is 5.56. The molecular formula is C15H19NO2S. The maximum Gasteiger partial charge on any atom is 0.138 e. The van der Waals surface area contributed by atoms with Crippen LogP contribution in [0.3, 0.4) is 0 Å². The lowest BCUT2D eigenvalue weighted by molar-refractivity contribution is 0.0208. The fourth-order valence-corrected chi connectivity index (χ4v) is 3.06. The number of hydrogen-bond donors (Lipinski definition) is 0. The van der Waals surface area contributed by atoms with Crippen LogP contribution >= 0.6 is 11.8 Å². The van der Waals surface area contributed by atoms with E-state index in [0.29, 0.717) is 11.3 Å². The minimum atomic E-state index is 0.155. The number of rotatable bonds is 4. The zero-order chi connectivity index (χ0) is 13.7. The van der Waals surface area contributed by atoms with Gasteiger partial charge in [0.25, 0.3) is 0 Å². The van der Waals surface area contributed by atoms with Crippen LogP contribution in [0, 0.1) is 11.3 Å². The third kappa shape index (κ3) is 3.43. The Balaban J connectivity index is 2.13. The van der Waals surface area contributed by atoms with E-state index in [1.54, 1.807) is 18.9 Å². The zero-order valence-electron chi connectivity index (χ0n) is 11.4. The maximum atomic E-state index is 9.29. The third-order valence-electron chi connectivity index (χ3n) is 3.52. The number of ether oxygens (including phenoxy) is 2. The van der Waals surface area contributed by atoms with Crippen molar-refractivity contribution in [2.75, 3.05) is 13.4 Å². The van der Waals surface area contributed by atoms with Crippen LogP contribution in [0.2, 0.25) is 0 Å². The second kappa shape index (κ2) is 6.83. The smallest absolute Gasteiger partial charge is 0.138 e. The minimum Gasteiger partial charge on any atom is -0.489 e. The average Bonchev–Trinajstić information content (AvgIpc) is 2.47. The van der Waals surface area contributed by atoms with E-state index >= 15 is 0 Å². The molecule has 0 bridgehead atoms. The first-order valence-corrected chi connectivity index (χ1v) is 7.77. The molecule has 0 aromatic heterocycles. The van der Waals surface area contributed by atoms with E-state index in [1.807, 2.05) is 24.5 Å². The Kier molecular flexibility index (Phi) is 5.12. The van der Waals surface area contributed by atoms with Gasteiger partial charge in [-0.3, -0.25) is 0 Å². The van der Waals surface area contributed by atoms with Crippen molar-refractivity contribution in [3.05, 3.63) is 23.8 Å². The van der Waals surface area contributed by atoms with Gasteiger partial charge in [-0.25, -0.2) is 0 Å². The Morgan fingerprint density at radius 1 is 1.32 bits per heavy atom. The predicted octanol–water partition coefficient (Wildman–Crippen LogP) is 3.62. The molecular weight excluding hydrogens is 258 g/mol. The molecule has 1 aromatic carbocycles. The Hall–Kier alpha value is -1.18. The molecule has 0 saturated heterocycles. The Labute approximate surface area is 118 Å². The van der Waals surface area contributed by atoms with Crippen LogP contribution in [-0.2, 0) is 4.74 Å². The summed E-state index contributed by atoms with van der Waals surface area (Å²) in [7, 11) is 1.75. The lowest BCUT2D eigenvalue weighted by Crippen LogP contribution is -2.29. The number of nitrogens with zero attached hydrogens (tertiary/aromatic N) is 1. The highest BCUT2D eigenvalue weighted by Gasteiger charge is 2.24. The van der Waals surface area contributed by atoms with Crippen molar-refractivity contribution in [3.63, 3.8) is 0 Å². The first-order valence-electron chi connectivity index (χ1n) is 6.55. The molecule has 1 aliphatic rings. The zero-order valence-corrected chi connectivity index (χ0v) is 12.2. The highest BCUT2D eigenvalue weighted by molar-refractivity contribution is 7.98. The monoisotopic (exact) mass is 277 g/mol. The van der Waals surface area contributed by atoms with Crippen molar-refractivity contribution in [1.29, 1.82) is 5.26 Å². The van der Waals surface area contributed by atoms with Crippen LogP contribution in [0.5, 0.6) is 5.75 Å². The summed E-state index contributed by atoms with van der Waals surface area (Å²) in [5.41, 5.74) is 0.648. The van der Waals surface area contributed by atoms with Gasteiger partial charge in [-0.15, -0.1) is 11.8 Å².